The summed E-state index contributed by atoms with van der Waals surface area (Å²) in [4.78, 5) is 12.8. The molecule has 2 aromatic carbocycles. The molecule has 2 aromatic heterocycles. The fraction of sp³-hybridized carbons (Fsp3) is 0.174. The van der Waals surface area contributed by atoms with Crippen LogP contribution in [-0.2, 0) is 13.0 Å². The summed E-state index contributed by atoms with van der Waals surface area (Å²) in [6, 6.07) is 15.3. The number of pyridine rings is 1. The van der Waals surface area contributed by atoms with E-state index < -0.39 is 0 Å². The van der Waals surface area contributed by atoms with Crippen molar-refractivity contribution in [2.45, 2.75) is 19.9 Å². The predicted octanol–water partition coefficient (Wildman–Crippen LogP) is 5.28. The zero-order chi connectivity index (χ0) is 19.3. The van der Waals surface area contributed by atoms with Gasteiger partial charge in [0.05, 0.1) is 5.69 Å². The van der Waals surface area contributed by atoms with Crippen LogP contribution in [-0.4, -0.2) is 11.1 Å². The van der Waals surface area contributed by atoms with E-state index >= 15 is 0 Å². The molecule has 29 heavy (non-hydrogen) atoms. The van der Waals surface area contributed by atoms with Crippen LogP contribution in [0.25, 0.3) is 27.8 Å². The van der Waals surface area contributed by atoms with Gasteiger partial charge in [-0.15, -0.1) is 12.4 Å². The Morgan fingerprint density at radius 3 is 2.76 bits per heavy atom. The van der Waals surface area contributed by atoms with E-state index in [1.807, 2.05) is 49.4 Å². The molecule has 0 saturated carbocycles. The summed E-state index contributed by atoms with van der Waals surface area (Å²) in [7, 11) is 0. The number of aryl methyl sites for hydroxylation is 1. The molecule has 0 aliphatic carbocycles. The van der Waals surface area contributed by atoms with Gasteiger partial charge in [0.25, 0.3) is 5.56 Å². The Morgan fingerprint density at radius 1 is 1.10 bits per heavy atom. The fourth-order valence-electron chi connectivity index (χ4n) is 3.86. The number of nitrogens with zero attached hydrogens (tertiary/aromatic N) is 1. The second kappa shape index (κ2) is 7.71. The van der Waals surface area contributed by atoms with Crippen molar-refractivity contribution in [3.63, 3.8) is 0 Å². The average molecular weight is 427 g/mol. The molecule has 0 atom stereocenters. The quantitative estimate of drug-likeness (QED) is 0.474. The maximum atomic E-state index is 12.8. The van der Waals surface area contributed by atoms with E-state index in [-0.39, 0.29) is 18.0 Å². The zero-order valence-corrected chi connectivity index (χ0v) is 17.4. The molecule has 1 N–H and O–H groups in total. The minimum atomic E-state index is -0.105. The average Bonchev–Trinajstić information content (AvgIpc) is 3.05. The number of hydrogen-bond donors (Lipinski definition) is 1. The van der Waals surface area contributed by atoms with Crippen molar-refractivity contribution < 1.29 is 4.42 Å². The summed E-state index contributed by atoms with van der Waals surface area (Å²) >= 11 is 6.36. The molecule has 148 valence electrons. The van der Waals surface area contributed by atoms with Crippen LogP contribution < -0.4 is 10.9 Å². The first-order valence-corrected chi connectivity index (χ1v) is 9.72. The Morgan fingerprint density at radius 2 is 1.97 bits per heavy atom. The van der Waals surface area contributed by atoms with Crippen molar-refractivity contribution >= 4 is 35.0 Å². The zero-order valence-electron chi connectivity index (χ0n) is 15.9. The van der Waals surface area contributed by atoms with Crippen LogP contribution in [0.3, 0.4) is 0 Å². The molecule has 0 amide bonds. The van der Waals surface area contributed by atoms with Gasteiger partial charge in [-0.2, -0.15) is 0 Å². The lowest BCUT2D eigenvalue weighted by Gasteiger charge is -2.11. The van der Waals surface area contributed by atoms with E-state index in [1.165, 1.54) is 5.56 Å². The first-order chi connectivity index (χ1) is 13.6. The monoisotopic (exact) mass is 426 g/mol. The SMILES string of the molecule is Cc1ccc(-c2ccn(-c3ccc4c5c(oc4c3)CCNC5)c(=O)c2)c(Cl)c1.Cl. The molecule has 0 spiro atoms. The van der Waals surface area contributed by atoms with Crippen LogP contribution in [0, 0.1) is 6.92 Å². The van der Waals surface area contributed by atoms with Crippen molar-refractivity contribution in [2.75, 3.05) is 6.54 Å². The Kier molecular flexibility index (Phi) is 5.26. The number of nitrogens with one attached hydrogen (secondary N) is 1. The molecule has 0 radical (unpaired) electrons. The number of rotatable bonds is 2. The van der Waals surface area contributed by atoms with Gasteiger partial charge in [0.1, 0.15) is 11.3 Å². The number of furan rings is 1. The molecular weight excluding hydrogens is 407 g/mol. The number of fused-ring (bicyclic) bond motifs is 3. The van der Waals surface area contributed by atoms with Crippen LogP contribution in [0.5, 0.6) is 0 Å². The summed E-state index contributed by atoms with van der Waals surface area (Å²) < 4.78 is 7.67. The highest BCUT2D eigenvalue weighted by Crippen LogP contribution is 2.30. The van der Waals surface area contributed by atoms with E-state index in [2.05, 4.69) is 5.32 Å². The smallest absolute Gasteiger partial charge is 0.255 e. The number of aromatic nitrogens is 1. The van der Waals surface area contributed by atoms with Gasteiger partial charge in [0.2, 0.25) is 0 Å². The summed E-state index contributed by atoms with van der Waals surface area (Å²) in [6.07, 6.45) is 2.69. The standard InChI is InChI=1S/C23H19ClN2O2.ClH/c1-14-2-4-17(20(24)10-14)15-7-9-26(23(27)11-15)16-3-5-18-19-13-25-8-6-21(19)28-22(18)12-16;/h2-5,7,9-12,25H,6,8,13H2,1H3;1H. The minimum Gasteiger partial charge on any atom is -0.461 e. The van der Waals surface area contributed by atoms with Crippen molar-refractivity contribution in [1.82, 2.24) is 9.88 Å². The van der Waals surface area contributed by atoms with Gasteiger partial charge >= 0.3 is 0 Å². The largest absolute Gasteiger partial charge is 0.461 e. The Labute approximate surface area is 179 Å². The second-order valence-corrected chi connectivity index (χ2v) is 7.63. The third-order valence-electron chi connectivity index (χ3n) is 5.32. The molecule has 0 saturated heterocycles. The van der Waals surface area contributed by atoms with Crippen molar-refractivity contribution in [3.05, 3.63) is 87.0 Å². The molecular formula is C23H20Cl2N2O2. The molecule has 4 nitrogen and oxygen atoms in total. The first kappa shape index (κ1) is 19.8. The summed E-state index contributed by atoms with van der Waals surface area (Å²) in [5, 5.41) is 5.14. The van der Waals surface area contributed by atoms with E-state index in [0.29, 0.717) is 5.02 Å². The normalized spacial score (nSPS) is 13.2. The van der Waals surface area contributed by atoms with Crippen LogP contribution in [0.4, 0.5) is 0 Å². The lowest BCUT2D eigenvalue weighted by atomic mass is 10.0. The number of benzene rings is 2. The molecule has 4 aromatic rings. The molecule has 0 fully saturated rings. The second-order valence-electron chi connectivity index (χ2n) is 7.22. The first-order valence-electron chi connectivity index (χ1n) is 9.35. The number of hydrogen-bond acceptors (Lipinski definition) is 3. The maximum absolute atomic E-state index is 12.8. The molecule has 0 bridgehead atoms. The van der Waals surface area contributed by atoms with Gasteiger partial charge in [-0.1, -0.05) is 23.7 Å². The topological polar surface area (TPSA) is 47.2 Å². The molecule has 1 aliphatic heterocycles. The van der Waals surface area contributed by atoms with Gasteiger partial charge in [0, 0.05) is 59.4 Å². The van der Waals surface area contributed by atoms with Crippen molar-refractivity contribution in [3.8, 4) is 16.8 Å². The predicted molar refractivity (Wildman–Crippen MR) is 120 cm³/mol. The highest BCUT2D eigenvalue weighted by molar-refractivity contribution is 6.33. The lowest BCUT2D eigenvalue weighted by Crippen LogP contribution is -2.22. The highest BCUT2D eigenvalue weighted by atomic mass is 35.5. The van der Waals surface area contributed by atoms with Gasteiger partial charge in [-0.05, 0) is 42.3 Å². The van der Waals surface area contributed by atoms with Crippen LogP contribution >= 0.6 is 24.0 Å². The van der Waals surface area contributed by atoms with E-state index in [4.69, 9.17) is 16.0 Å². The summed E-state index contributed by atoms with van der Waals surface area (Å²) in [5.41, 5.74) is 5.50. The summed E-state index contributed by atoms with van der Waals surface area (Å²) in [6.45, 7) is 3.75. The van der Waals surface area contributed by atoms with Crippen LogP contribution in [0.2, 0.25) is 5.02 Å². The van der Waals surface area contributed by atoms with E-state index in [9.17, 15) is 4.79 Å². The minimum absolute atomic E-state index is 0. The highest BCUT2D eigenvalue weighted by Gasteiger charge is 2.18. The Balaban J connectivity index is 0.00000205. The number of halogens is 2. The van der Waals surface area contributed by atoms with Gasteiger partial charge in [-0.3, -0.25) is 9.36 Å². The van der Waals surface area contributed by atoms with Crippen molar-refractivity contribution in [2.24, 2.45) is 0 Å². The van der Waals surface area contributed by atoms with Gasteiger partial charge < -0.3 is 9.73 Å². The maximum Gasteiger partial charge on any atom is 0.255 e. The molecule has 3 heterocycles. The van der Waals surface area contributed by atoms with Crippen LogP contribution in [0.1, 0.15) is 16.9 Å². The molecule has 0 unspecified atom stereocenters. The molecule has 5 rings (SSSR count). The Bertz CT molecular complexity index is 1270. The van der Waals surface area contributed by atoms with Crippen molar-refractivity contribution in [1.29, 1.82) is 0 Å². The van der Waals surface area contributed by atoms with E-state index in [0.717, 1.165) is 58.6 Å². The molecule has 1 aliphatic rings. The van der Waals surface area contributed by atoms with Gasteiger partial charge in [-0.25, -0.2) is 0 Å². The third-order valence-corrected chi connectivity index (χ3v) is 5.64. The molecule has 6 heteroatoms. The van der Waals surface area contributed by atoms with Crippen LogP contribution in [0.15, 0.2) is 63.9 Å². The summed E-state index contributed by atoms with van der Waals surface area (Å²) in [5.74, 6) is 1.04. The Hall–Kier alpha value is -2.53. The third kappa shape index (κ3) is 3.48. The fourth-order valence-corrected chi connectivity index (χ4v) is 4.21. The lowest BCUT2D eigenvalue weighted by molar-refractivity contribution is 0.500. The van der Waals surface area contributed by atoms with Gasteiger partial charge in [0.15, 0.2) is 0 Å². The van der Waals surface area contributed by atoms with E-state index in [1.54, 1.807) is 16.8 Å².